The van der Waals surface area contributed by atoms with Crippen LogP contribution in [0.5, 0.6) is 0 Å². The fourth-order valence-electron chi connectivity index (χ4n) is 2.16. The summed E-state index contributed by atoms with van der Waals surface area (Å²) in [5.41, 5.74) is 5.84. The summed E-state index contributed by atoms with van der Waals surface area (Å²) < 4.78 is 1.79. The van der Waals surface area contributed by atoms with Gasteiger partial charge in [-0.1, -0.05) is 35.4 Å². The molecule has 122 valence electrons. The van der Waals surface area contributed by atoms with Crippen molar-refractivity contribution in [2.24, 2.45) is 5.10 Å². The minimum atomic E-state index is -0.253. The zero-order valence-corrected chi connectivity index (χ0v) is 13.8. The third-order valence-corrected chi connectivity index (χ3v) is 3.68. The Morgan fingerprint density at radius 3 is 2.88 bits per heavy atom. The summed E-state index contributed by atoms with van der Waals surface area (Å²) in [6, 6.07) is 13.4. The van der Waals surface area contributed by atoms with Crippen molar-refractivity contribution in [1.82, 2.24) is 14.8 Å². The maximum atomic E-state index is 11.8. The number of carbonyl (C=O) groups is 1. The molecule has 7 heteroatoms. The van der Waals surface area contributed by atoms with E-state index in [0.717, 1.165) is 11.3 Å². The normalized spacial score (nSPS) is 11.1. The quantitative estimate of drug-likeness (QED) is 0.553. The highest BCUT2D eigenvalue weighted by Gasteiger charge is 2.07. The molecule has 0 aliphatic carbocycles. The Morgan fingerprint density at radius 1 is 1.29 bits per heavy atom. The molecule has 0 fully saturated rings. The van der Waals surface area contributed by atoms with Crippen molar-refractivity contribution in [3.05, 3.63) is 65.1 Å². The van der Waals surface area contributed by atoms with Gasteiger partial charge in [-0.05, 0) is 31.2 Å². The van der Waals surface area contributed by atoms with Gasteiger partial charge in [-0.2, -0.15) is 5.10 Å². The summed E-state index contributed by atoms with van der Waals surface area (Å²) in [4.78, 5) is 16.0. The average molecular weight is 342 g/mol. The Kier molecular flexibility index (Phi) is 4.77. The molecule has 3 rings (SSSR count). The number of aryl methyl sites for hydroxylation is 1. The molecule has 2 N–H and O–H groups in total. The van der Waals surface area contributed by atoms with Crippen LogP contribution in [0.15, 0.2) is 53.8 Å². The van der Waals surface area contributed by atoms with E-state index in [1.807, 2.05) is 55.6 Å². The van der Waals surface area contributed by atoms with Crippen LogP contribution < -0.4 is 10.7 Å². The molecule has 0 atom stereocenters. The van der Waals surface area contributed by atoms with Crippen molar-refractivity contribution in [3.8, 4) is 0 Å². The fourth-order valence-corrected chi connectivity index (χ4v) is 2.39. The van der Waals surface area contributed by atoms with Gasteiger partial charge in [0.05, 0.1) is 12.8 Å². The Hall–Kier alpha value is -2.86. The number of halogens is 1. The first-order valence-electron chi connectivity index (χ1n) is 7.38. The van der Waals surface area contributed by atoms with Gasteiger partial charge in [-0.25, -0.2) is 10.4 Å². The van der Waals surface area contributed by atoms with Gasteiger partial charge in [0.2, 0.25) is 0 Å². The van der Waals surface area contributed by atoms with E-state index in [-0.39, 0.29) is 12.5 Å². The second-order valence-corrected chi connectivity index (χ2v) is 5.59. The van der Waals surface area contributed by atoms with Crippen molar-refractivity contribution in [2.75, 3.05) is 11.9 Å². The average Bonchev–Trinajstić information content (AvgIpc) is 2.90. The lowest BCUT2D eigenvalue weighted by Crippen LogP contribution is -2.25. The Balaban J connectivity index is 1.58. The monoisotopic (exact) mass is 341 g/mol. The number of amides is 1. The molecule has 6 nitrogen and oxygen atoms in total. The van der Waals surface area contributed by atoms with E-state index >= 15 is 0 Å². The van der Waals surface area contributed by atoms with Crippen LogP contribution in [0, 0.1) is 6.92 Å². The van der Waals surface area contributed by atoms with E-state index < -0.39 is 0 Å². The lowest BCUT2D eigenvalue weighted by molar-refractivity contribution is -0.119. The number of hydrogen-bond donors (Lipinski definition) is 2. The molecule has 0 bridgehead atoms. The van der Waals surface area contributed by atoms with Gasteiger partial charge in [-0.15, -0.1) is 0 Å². The highest BCUT2D eigenvalue weighted by molar-refractivity contribution is 6.32. The van der Waals surface area contributed by atoms with Gasteiger partial charge in [-0.3, -0.25) is 9.20 Å². The molecule has 2 aromatic heterocycles. The first-order chi connectivity index (χ1) is 11.6. The minimum Gasteiger partial charge on any atom is -0.376 e. The van der Waals surface area contributed by atoms with Crippen molar-refractivity contribution in [2.45, 2.75) is 6.92 Å². The highest BCUT2D eigenvalue weighted by Crippen LogP contribution is 2.15. The van der Waals surface area contributed by atoms with Crippen LogP contribution in [0.25, 0.3) is 5.65 Å². The number of aromatic nitrogens is 2. The summed E-state index contributed by atoms with van der Waals surface area (Å²) in [5, 5.41) is 7.30. The van der Waals surface area contributed by atoms with E-state index in [9.17, 15) is 4.79 Å². The number of hydrazone groups is 1. The van der Waals surface area contributed by atoms with Crippen LogP contribution in [0.4, 0.5) is 5.69 Å². The van der Waals surface area contributed by atoms with Crippen LogP contribution in [0.1, 0.15) is 11.3 Å². The predicted molar refractivity (Wildman–Crippen MR) is 95.6 cm³/mol. The molecule has 0 aliphatic rings. The van der Waals surface area contributed by atoms with Crippen molar-refractivity contribution < 1.29 is 4.79 Å². The molecule has 0 saturated carbocycles. The van der Waals surface area contributed by atoms with E-state index in [1.54, 1.807) is 4.40 Å². The number of nitrogens with one attached hydrogen (secondary N) is 2. The van der Waals surface area contributed by atoms with Gasteiger partial charge in [0, 0.05) is 11.9 Å². The molecular weight excluding hydrogens is 326 g/mol. The topological polar surface area (TPSA) is 70.8 Å². The smallest absolute Gasteiger partial charge is 0.259 e. The van der Waals surface area contributed by atoms with E-state index in [2.05, 4.69) is 20.8 Å². The van der Waals surface area contributed by atoms with Gasteiger partial charge < -0.3 is 5.32 Å². The number of pyridine rings is 1. The van der Waals surface area contributed by atoms with Gasteiger partial charge in [0.25, 0.3) is 5.91 Å². The standard InChI is InChI=1S/C17H16ClN5O/c1-12-5-7-13(8-6-12)19-11-16(24)22-20-10-14-17(18)21-15-4-2-3-9-23(14)15/h2-10,19H,11H2,1H3,(H,22,24)/b20-10+. The number of fused-ring (bicyclic) bond motifs is 1. The summed E-state index contributed by atoms with van der Waals surface area (Å²) in [6.45, 7) is 2.14. The molecule has 1 aromatic carbocycles. The zero-order valence-electron chi connectivity index (χ0n) is 13.0. The van der Waals surface area contributed by atoms with Crippen molar-refractivity contribution >= 4 is 35.1 Å². The molecule has 0 aliphatic heterocycles. The van der Waals surface area contributed by atoms with Gasteiger partial charge in [0.1, 0.15) is 11.3 Å². The van der Waals surface area contributed by atoms with Crippen LogP contribution >= 0.6 is 11.6 Å². The summed E-state index contributed by atoms with van der Waals surface area (Å²) >= 11 is 6.09. The highest BCUT2D eigenvalue weighted by atomic mass is 35.5. The van der Waals surface area contributed by atoms with E-state index in [1.165, 1.54) is 11.8 Å². The Morgan fingerprint density at radius 2 is 2.08 bits per heavy atom. The summed E-state index contributed by atoms with van der Waals surface area (Å²) in [6.07, 6.45) is 3.31. The predicted octanol–water partition coefficient (Wildman–Crippen LogP) is 2.86. The Bertz CT molecular complexity index is 886. The summed E-state index contributed by atoms with van der Waals surface area (Å²) in [5.74, 6) is -0.253. The SMILES string of the molecule is Cc1ccc(NCC(=O)N/N=C/c2c(Cl)nc3ccccn23)cc1. The number of nitrogens with zero attached hydrogens (tertiary/aromatic N) is 3. The molecule has 0 unspecified atom stereocenters. The number of hydrogen-bond acceptors (Lipinski definition) is 4. The van der Waals surface area contributed by atoms with Crippen molar-refractivity contribution in [1.29, 1.82) is 0 Å². The molecular formula is C17H16ClN5O. The second kappa shape index (κ2) is 7.14. The minimum absolute atomic E-state index is 0.126. The lowest BCUT2D eigenvalue weighted by Gasteiger charge is -2.05. The maximum absolute atomic E-state index is 11.8. The third-order valence-electron chi connectivity index (χ3n) is 3.40. The number of carbonyl (C=O) groups excluding carboxylic acids is 1. The van der Waals surface area contributed by atoms with Crippen LogP contribution in [0.2, 0.25) is 5.15 Å². The van der Waals surface area contributed by atoms with Crippen LogP contribution in [-0.4, -0.2) is 28.1 Å². The molecule has 0 saturated heterocycles. The molecule has 3 aromatic rings. The van der Waals surface area contributed by atoms with Crippen LogP contribution in [0.3, 0.4) is 0 Å². The third kappa shape index (κ3) is 3.72. The number of imidazole rings is 1. The van der Waals surface area contributed by atoms with E-state index in [4.69, 9.17) is 11.6 Å². The Labute approximate surface area is 144 Å². The first kappa shape index (κ1) is 16.0. The van der Waals surface area contributed by atoms with Crippen molar-refractivity contribution in [3.63, 3.8) is 0 Å². The molecule has 0 radical (unpaired) electrons. The molecule has 24 heavy (non-hydrogen) atoms. The first-order valence-corrected chi connectivity index (χ1v) is 7.76. The number of anilines is 1. The molecule has 0 spiro atoms. The second-order valence-electron chi connectivity index (χ2n) is 5.23. The van der Waals surface area contributed by atoms with Crippen LogP contribution in [-0.2, 0) is 4.79 Å². The molecule has 1 amide bonds. The summed E-state index contributed by atoms with van der Waals surface area (Å²) in [7, 11) is 0. The molecule has 2 heterocycles. The number of benzene rings is 1. The van der Waals surface area contributed by atoms with Gasteiger partial charge >= 0.3 is 0 Å². The number of rotatable bonds is 5. The maximum Gasteiger partial charge on any atom is 0.259 e. The zero-order chi connectivity index (χ0) is 16.9. The van der Waals surface area contributed by atoms with E-state index in [0.29, 0.717) is 10.8 Å². The fraction of sp³-hybridized carbons (Fsp3) is 0.118. The largest absolute Gasteiger partial charge is 0.376 e. The van der Waals surface area contributed by atoms with Gasteiger partial charge in [0.15, 0.2) is 5.15 Å². The lowest BCUT2D eigenvalue weighted by atomic mass is 10.2.